The number of rotatable bonds is 6. The Bertz CT molecular complexity index is 791. The number of hydrazone groups is 1. The van der Waals surface area contributed by atoms with Crippen molar-refractivity contribution in [3.8, 4) is 0 Å². The summed E-state index contributed by atoms with van der Waals surface area (Å²) in [6, 6.07) is 0. The minimum absolute atomic E-state index is 0.0772. The van der Waals surface area contributed by atoms with Crippen LogP contribution in [0.2, 0.25) is 0 Å². The molecule has 0 atom stereocenters. The molecule has 0 fully saturated rings. The van der Waals surface area contributed by atoms with Crippen LogP contribution in [0.1, 0.15) is 17.4 Å². The predicted molar refractivity (Wildman–Crippen MR) is 70.3 cm³/mol. The van der Waals surface area contributed by atoms with Crippen LogP contribution < -0.4 is 5.43 Å². The van der Waals surface area contributed by atoms with Crippen LogP contribution in [-0.2, 0) is 6.54 Å². The third-order valence-electron chi connectivity index (χ3n) is 2.37. The van der Waals surface area contributed by atoms with Gasteiger partial charge in [-0.1, -0.05) is 4.80 Å². The van der Waals surface area contributed by atoms with E-state index in [9.17, 15) is 25.0 Å². The number of hydrogen-bond donors (Lipinski definition) is 2. The van der Waals surface area contributed by atoms with Gasteiger partial charge >= 0.3 is 11.6 Å². The van der Waals surface area contributed by atoms with Crippen LogP contribution >= 0.6 is 0 Å². The molecule has 15 nitrogen and oxygen atoms in total. The molecule has 0 saturated heterocycles. The van der Waals surface area contributed by atoms with E-state index >= 15 is 0 Å². The molecule has 0 saturated carbocycles. The van der Waals surface area contributed by atoms with Crippen LogP contribution in [0.4, 0.5) is 11.6 Å². The van der Waals surface area contributed by atoms with Crippen LogP contribution in [0.3, 0.4) is 0 Å². The average Bonchev–Trinajstić information content (AvgIpc) is 3.13. The Morgan fingerprint density at radius 2 is 2.17 bits per heavy atom. The van der Waals surface area contributed by atoms with E-state index < -0.39 is 27.4 Å². The molecule has 0 aliphatic carbocycles. The molecule has 0 aromatic carbocycles. The molecule has 0 spiro atoms. The molecule has 2 aromatic heterocycles. The molecule has 2 aromatic rings. The molecular weight excluding hydrogens is 316 g/mol. The first-order valence-electron chi connectivity index (χ1n) is 5.82. The van der Waals surface area contributed by atoms with Crippen LogP contribution in [0.15, 0.2) is 11.3 Å². The van der Waals surface area contributed by atoms with Gasteiger partial charge in [0.15, 0.2) is 0 Å². The van der Waals surface area contributed by atoms with E-state index in [4.69, 9.17) is 0 Å². The predicted octanol–water partition coefficient (Wildman–Crippen LogP) is -0.981. The molecule has 2 heterocycles. The summed E-state index contributed by atoms with van der Waals surface area (Å²) < 4.78 is 0. The molecule has 2 N–H and O–H groups in total. The molecule has 0 unspecified atom stereocenters. The Morgan fingerprint density at radius 3 is 2.78 bits per heavy atom. The lowest BCUT2D eigenvalue weighted by molar-refractivity contribution is -0.394. The van der Waals surface area contributed by atoms with E-state index in [0.29, 0.717) is 0 Å². The maximum Gasteiger partial charge on any atom is 0.514 e. The van der Waals surface area contributed by atoms with Crippen molar-refractivity contribution >= 4 is 23.3 Å². The number of hydrogen-bond acceptors (Lipinski definition) is 10. The highest BCUT2D eigenvalue weighted by atomic mass is 16.6. The number of aromatic amines is 1. The summed E-state index contributed by atoms with van der Waals surface area (Å²) in [4.78, 5) is 32.2. The van der Waals surface area contributed by atoms with Gasteiger partial charge in [-0.25, -0.2) is 5.43 Å². The second-order valence-corrected chi connectivity index (χ2v) is 4.05. The van der Waals surface area contributed by atoms with Gasteiger partial charge in [0.05, 0.1) is 20.8 Å². The molecule has 0 bridgehead atoms. The standard InChI is InChI=1S/C8H8N10O5/c1-4(3-16-14-8(13-15-16)18(22)23)10-12-7(19)6-5(17(20)21)2-9-11-6/h2H,3H2,1H3,(H,9,11)(H,12,19). The minimum atomic E-state index is -0.869. The summed E-state index contributed by atoms with van der Waals surface area (Å²) in [6.07, 6.45) is 0.893. The normalized spacial score (nSPS) is 11.3. The van der Waals surface area contributed by atoms with Gasteiger partial charge < -0.3 is 10.1 Å². The van der Waals surface area contributed by atoms with Crippen molar-refractivity contribution in [1.82, 2.24) is 35.8 Å². The number of aromatic nitrogens is 6. The molecule has 120 valence electrons. The monoisotopic (exact) mass is 324 g/mol. The molecule has 0 aliphatic heterocycles. The first kappa shape index (κ1) is 15.6. The van der Waals surface area contributed by atoms with Gasteiger partial charge in [-0.3, -0.25) is 20.0 Å². The van der Waals surface area contributed by atoms with E-state index in [1.54, 1.807) is 0 Å². The topological polar surface area (TPSA) is 200 Å². The van der Waals surface area contributed by atoms with Crippen molar-refractivity contribution in [2.75, 3.05) is 0 Å². The lowest BCUT2D eigenvalue weighted by Gasteiger charge is -1.99. The van der Waals surface area contributed by atoms with Gasteiger partial charge in [-0.15, -0.1) is 0 Å². The Labute approximate surface area is 125 Å². The van der Waals surface area contributed by atoms with Gasteiger partial charge in [0.1, 0.15) is 12.7 Å². The van der Waals surface area contributed by atoms with Crippen molar-refractivity contribution in [2.45, 2.75) is 13.5 Å². The fourth-order valence-electron chi connectivity index (χ4n) is 1.40. The first-order chi connectivity index (χ1) is 10.9. The molecule has 2 rings (SSSR count). The Hall–Kier alpha value is -3.78. The molecule has 0 radical (unpaired) electrons. The number of carbonyl (C=O) groups is 1. The maximum absolute atomic E-state index is 11.7. The first-order valence-corrected chi connectivity index (χ1v) is 5.82. The number of carbonyl (C=O) groups excluding carboxylic acids is 1. The highest BCUT2D eigenvalue weighted by Gasteiger charge is 2.22. The SMILES string of the molecule is CC(Cn1nnc([N+](=O)[O-])n1)=NNC(=O)c1[nH]ncc1[N+](=O)[O-]. The van der Waals surface area contributed by atoms with Gasteiger partial charge in [0, 0.05) is 5.21 Å². The molecule has 0 aliphatic rings. The molecule has 23 heavy (non-hydrogen) atoms. The largest absolute Gasteiger partial charge is 0.514 e. The highest BCUT2D eigenvalue weighted by molar-refractivity contribution is 5.96. The zero-order valence-corrected chi connectivity index (χ0v) is 11.4. The summed E-state index contributed by atoms with van der Waals surface area (Å²) in [5, 5.41) is 40.4. The molecule has 15 heteroatoms. The quantitative estimate of drug-likeness (QED) is 0.380. The minimum Gasteiger partial charge on any atom is -0.390 e. The number of tetrazole rings is 1. The van der Waals surface area contributed by atoms with E-state index in [2.05, 4.69) is 36.1 Å². The fourth-order valence-corrected chi connectivity index (χ4v) is 1.40. The molecular formula is C8H8N10O5. The zero-order valence-electron chi connectivity index (χ0n) is 11.4. The third-order valence-corrected chi connectivity index (χ3v) is 2.37. The number of amides is 1. The fraction of sp³-hybridized carbons (Fsp3) is 0.250. The Morgan fingerprint density at radius 1 is 1.43 bits per heavy atom. The second kappa shape index (κ2) is 6.33. The van der Waals surface area contributed by atoms with E-state index in [1.165, 1.54) is 6.92 Å². The summed E-state index contributed by atoms with van der Waals surface area (Å²) in [5.41, 5.74) is 1.49. The number of nitrogens with zero attached hydrogens (tertiary/aromatic N) is 8. The van der Waals surface area contributed by atoms with Crippen molar-refractivity contribution in [3.05, 3.63) is 32.1 Å². The van der Waals surface area contributed by atoms with Gasteiger partial charge in [-0.2, -0.15) is 10.2 Å². The Kier molecular flexibility index (Phi) is 4.29. The van der Waals surface area contributed by atoms with Crippen molar-refractivity contribution in [3.63, 3.8) is 0 Å². The average molecular weight is 324 g/mol. The van der Waals surface area contributed by atoms with Crippen LogP contribution in [0.25, 0.3) is 0 Å². The van der Waals surface area contributed by atoms with Gasteiger partial charge in [0.25, 0.3) is 5.91 Å². The smallest absolute Gasteiger partial charge is 0.390 e. The number of H-pyrrole nitrogens is 1. The summed E-state index contributed by atoms with van der Waals surface area (Å²) >= 11 is 0. The third kappa shape index (κ3) is 3.65. The van der Waals surface area contributed by atoms with E-state index in [1.807, 2.05) is 0 Å². The number of nitrogens with one attached hydrogen (secondary N) is 2. The summed E-state index contributed by atoms with van der Waals surface area (Å²) in [7, 11) is 0. The maximum atomic E-state index is 11.7. The summed E-state index contributed by atoms with van der Waals surface area (Å²) in [5.74, 6) is -1.54. The van der Waals surface area contributed by atoms with Gasteiger partial charge in [0.2, 0.25) is 5.69 Å². The second-order valence-electron chi connectivity index (χ2n) is 4.05. The summed E-state index contributed by atoms with van der Waals surface area (Å²) in [6.45, 7) is 1.41. The van der Waals surface area contributed by atoms with Crippen molar-refractivity contribution in [2.24, 2.45) is 5.10 Å². The Balaban J connectivity index is 2.01. The number of nitro groups is 2. The van der Waals surface area contributed by atoms with Crippen LogP contribution in [0, 0.1) is 20.2 Å². The van der Waals surface area contributed by atoms with Gasteiger partial charge in [-0.05, 0) is 11.8 Å². The zero-order chi connectivity index (χ0) is 17.0. The van der Waals surface area contributed by atoms with E-state index in [-0.39, 0.29) is 18.0 Å². The van der Waals surface area contributed by atoms with Crippen LogP contribution in [-0.4, -0.2) is 51.9 Å². The van der Waals surface area contributed by atoms with Crippen molar-refractivity contribution in [1.29, 1.82) is 0 Å². The lowest BCUT2D eigenvalue weighted by atomic mass is 10.3. The lowest BCUT2D eigenvalue weighted by Crippen LogP contribution is -2.22. The highest BCUT2D eigenvalue weighted by Crippen LogP contribution is 2.13. The van der Waals surface area contributed by atoms with Crippen molar-refractivity contribution < 1.29 is 14.6 Å². The molecule has 1 amide bonds. The van der Waals surface area contributed by atoms with E-state index in [0.717, 1.165) is 11.0 Å². The van der Waals surface area contributed by atoms with Crippen LogP contribution in [0.5, 0.6) is 0 Å².